The van der Waals surface area contributed by atoms with Gasteiger partial charge in [-0.1, -0.05) is 6.07 Å². The number of aromatic nitrogens is 1. The highest BCUT2D eigenvalue weighted by molar-refractivity contribution is 5.85. The number of hydrogen-bond donors (Lipinski definition) is 2. The van der Waals surface area contributed by atoms with Crippen molar-refractivity contribution >= 4 is 36.5 Å². The highest BCUT2D eigenvalue weighted by atomic mass is 35.5. The van der Waals surface area contributed by atoms with Crippen LogP contribution in [0.25, 0.3) is 0 Å². The summed E-state index contributed by atoms with van der Waals surface area (Å²) in [5.74, 6) is 0.703. The molecule has 0 saturated carbocycles. The predicted octanol–water partition coefficient (Wildman–Crippen LogP) is 0.740. The Hall–Kier alpha value is -1.12. The maximum absolute atomic E-state index is 11.7. The van der Waals surface area contributed by atoms with Crippen LogP contribution in [0.4, 0.5) is 5.82 Å². The summed E-state index contributed by atoms with van der Waals surface area (Å²) in [7, 11) is 1.52. The summed E-state index contributed by atoms with van der Waals surface area (Å²) < 4.78 is 10.4. The molecule has 1 fully saturated rings. The molecule has 1 saturated heterocycles. The standard InChI is InChI=1S/C15H24N4O3.2ClH/c1-11-9-19(5-6-22-11)14-4-3-12(7-17-14)8-18-15(20)13(16)10-21-2;;/h3-4,7,11,13H,5-6,8-10,16H2,1-2H3,(H,18,20);2*1H. The lowest BCUT2D eigenvalue weighted by Gasteiger charge is -2.32. The van der Waals surface area contributed by atoms with Crippen LogP contribution in [0.5, 0.6) is 0 Å². The van der Waals surface area contributed by atoms with E-state index in [1.807, 2.05) is 12.1 Å². The van der Waals surface area contributed by atoms with E-state index in [0.717, 1.165) is 31.1 Å². The van der Waals surface area contributed by atoms with Gasteiger partial charge in [-0.05, 0) is 18.6 Å². The number of anilines is 1. The van der Waals surface area contributed by atoms with E-state index in [1.54, 1.807) is 6.20 Å². The molecule has 3 N–H and O–H groups in total. The maximum atomic E-state index is 11.7. The normalized spacial score (nSPS) is 18.1. The predicted molar refractivity (Wildman–Crippen MR) is 98.1 cm³/mol. The molecule has 2 unspecified atom stereocenters. The number of carbonyl (C=O) groups excluding carboxylic acids is 1. The first-order valence-electron chi connectivity index (χ1n) is 7.44. The highest BCUT2D eigenvalue weighted by Gasteiger charge is 2.18. The minimum Gasteiger partial charge on any atom is -0.383 e. The van der Waals surface area contributed by atoms with Crippen LogP contribution in [0.15, 0.2) is 18.3 Å². The first kappa shape index (κ1) is 22.9. The molecule has 2 rings (SSSR count). The molecular weight excluding hydrogens is 355 g/mol. The van der Waals surface area contributed by atoms with Crippen LogP contribution in [0, 0.1) is 0 Å². The van der Waals surface area contributed by atoms with Gasteiger partial charge in [0, 0.05) is 32.9 Å². The van der Waals surface area contributed by atoms with E-state index in [0.29, 0.717) is 6.54 Å². The topological polar surface area (TPSA) is 89.7 Å². The molecule has 24 heavy (non-hydrogen) atoms. The van der Waals surface area contributed by atoms with E-state index < -0.39 is 6.04 Å². The molecule has 1 amide bonds. The third-order valence-corrected chi connectivity index (χ3v) is 3.52. The van der Waals surface area contributed by atoms with E-state index in [-0.39, 0.29) is 43.4 Å². The number of hydrogen-bond acceptors (Lipinski definition) is 6. The Bertz CT molecular complexity index is 490. The van der Waals surface area contributed by atoms with Crippen LogP contribution < -0.4 is 16.0 Å². The third-order valence-electron chi connectivity index (χ3n) is 3.52. The van der Waals surface area contributed by atoms with Crippen molar-refractivity contribution in [2.75, 3.05) is 38.3 Å². The van der Waals surface area contributed by atoms with Crippen molar-refractivity contribution in [2.45, 2.75) is 25.6 Å². The SMILES string of the molecule is COCC(N)C(=O)NCc1ccc(N2CCOC(C)C2)nc1.Cl.Cl. The van der Waals surface area contributed by atoms with Crippen molar-refractivity contribution in [3.05, 3.63) is 23.9 Å². The number of nitrogens with zero attached hydrogens (tertiary/aromatic N) is 2. The van der Waals surface area contributed by atoms with Crippen molar-refractivity contribution < 1.29 is 14.3 Å². The van der Waals surface area contributed by atoms with Gasteiger partial charge in [-0.25, -0.2) is 4.98 Å². The van der Waals surface area contributed by atoms with Gasteiger partial charge in [-0.15, -0.1) is 24.8 Å². The Kier molecular flexibility index (Phi) is 10.9. The molecule has 7 nitrogen and oxygen atoms in total. The molecule has 0 aromatic carbocycles. The van der Waals surface area contributed by atoms with Crippen molar-refractivity contribution in [2.24, 2.45) is 5.73 Å². The summed E-state index contributed by atoms with van der Waals surface area (Å²) in [6.07, 6.45) is 1.99. The molecule has 138 valence electrons. The highest BCUT2D eigenvalue weighted by Crippen LogP contribution is 2.15. The fourth-order valence-corrected chi connectivity index (χ4v) is 2.31. The van der Waals surface area contributed by atoms with Crippen LogP contribution in [-0.4, -0.2) is 56.5 Å². The van der Waals surface area contributed by atoms with Gasteiger partial charge >= 0.3 is 0 Å². The molecule has 2 atom stereocenters. The number of rotatable bonds is 6. The Labute approximate surface area is 155 Å². The van der Waals surface area contributed by atoms with E-state index in [9.17, 15) is 4.79 Å². The summed E-state index contributed by atoms with van der Waals surface area (Å²) in [4.78, 5) is 18.4. The van der Waals surface area contributed by atoms with Crippen molar-refractivity contribution in [3.63, 3.8) is 0 Å². The number of pyridine rings is 1. The summed E-state index contributed by atoms with van der Waals surface area (Å²) in [6.45, 7) is 5.08. The van der Waals surface area contributed by atoms with Crippen molar-refractivity contribution in [1.82, 2.24) is 10.3 Å². The van der Waals surface area contributed by atoms with Crippen molar-refractivity contribution in [3.8, 4) is 0 Å². The lowest BCUT2D eigenvalue weighted by Crippen LogP contribution is -2.43. The molecule has 0 bridgehead atoms. The molecule has 0 radical (unpaired) electrons. The second-order valence-corrected chi connectivity index (χ2v) is 5.43. The average Bonchev–Trinajstić information content (AvgIpc) is 2.53. The Morgan fingerprint density at radius 3 is 2.88 bits per heavy atom. The Balaban J connectivity index is 0.00000264. The molecule has 0 aliphatic carbocycles. The zero-order valence-electron chi connectivity index (χ0n) is 13.9. The molecule has 1 aromatic heterocycles. The second-order valence-electron chi connectivity index (χ2n) is 5.43. The summed E-state index contributed by atoms with van der Waals surface area (Å²) in [5, 5.41) is 2.77. The zero-order chi connectivity index (χ0) is 15.9. The van der Waals surface area contributed by atoms with E-state index in [4.69, 9.17) is 15.2 Å². The van der Waals surface area contributed by atoms with E-state index in [1.165, 1.54) is 7.11 Å². The second kappa shape index (κ2) is 11.4. The summed E-state index contributed by atoms with van der Waals surface area (Å²) in [5.41, 5.74) is 6.59. The first-order chi connectivity index (χ1) is 10.6. The number of amides is 1. The summed E-state index contributed by atoms with van der Waals surface area (Å²) in [6, 6.07) is 3.28. The maximum Gasteiger partial charge on any atom is 0.239 e. The minimum atomic E-state index is -0.646. The van der Waals surface area contributed by atoms with Crippen LogP contribution in [0.1, 0.15) is 12.5 Å². The number of ether oxygens (including phenoxy) is 2. The van der Waals surface area contributed by atoms with Gasteiger partial charge in [0.2, 0.25) is 5.91 Å². The van der Waals surface area contributed by atoms with Gasteiger partial charge in [0.25, 0.3) is 0 Å². The molecular formula is C15H26Cl2N4O3. The fourth-order valence-electron chi connectivity index (χ4n) is 2.31. The van der Waals surface area contributed by atoms with Gasteiger partial charge in [0.1, 0.15) is 11.9 Å². The van der Waals surface area contributed by atoms with Crippen LogP contribution in [0.2, 0.25) is 0 Å². The Morgan fingerprint density at radius 2 is 2.29 bits per heavy atom. The fraction of sp³-hybridized carbons (Fsp3) is 0.600. The van der Waals surface area contributed by atoms with Crippen LogP contribution in [0.3, 0.4) is 0 Å². The molecule has 1 aromatic rings. The first-order valence-corrected chi connectivity index (χ1v) is 7.44. The molecule has 2 heterocycles. The van der Waals surface area contributed by atoms with Gasteiger partial charge in [0.05, 0.1) is 19.3 Å². The lowest BCUT2D eigenvalue weighted by atomic mass is 10.2. The number of carbonyl (C=O) groups is 1. The number of methoxy groups -OCH3 is 1. The average molecular weight is 381 g/mol. The van der Waals surface area contributed by atoms with Gasteiger partial charge < -0.3 is 25.4 Å². The smallest absolute Gasteiger partial charge is 0.239 e. The van der Waals surface area contributed by atoms with Gasteiger partial charge in [0.15, 0.2) is 0 Å². The van der Waals surface area contributed by atoms with E-state index >= 15 is 0 Å². The van der Waals surface area contributed by atoms with Gasteiger partial charge in [-0.3, -0.25) is 4.79 Å². The number of nitrogens with two attached hydrogens (primary N) is 1. The largest absolute Gasteiger partial charge is 0.383 e. The number of morpholine rings is 1. The minimum absolute atomic E-state index is 0. The lowest BCUT2D eigenvalue weighted by molar-refractivity contribution is -0.123. The van der Waals surface area contributed by atoms with Gasteiger partial charge in [-0.2, -0.15) is 0 Å². The molecule has 0 spiro atoms. The van der Waals surface area contributed by atoms with Crippen LogP contribution >= 0.6 is 24.8 Å². The zero-order valence-corrected chi connectivity index (χ0v) is 15.6. The third kappa shape index (κ3) is 6.78. The van der Waals surface area contributed by atoms with Crippen LogP contribution in [-0.2, 0) is 20.8 Å². The molecule has 9 heteroatoms. The quantitative estimate of drug-likeness (QED) is 0.756. The summed E-state index contributed by atoms with van der Waals surface area (Å²) >= 11 is 0. The number of nitrogens with one attached hydrogen (secondary N) is 1. The molecule has 1 aliphatic rings. The molecule has 1 aliphatic heterocycles. The van der Waals surface area contributed by atoms with E-state index in [2.05, 4.69) is 22.1 Å². The Morgan fingerprint density at radius 1 is 1.54 bits per heavy atom. The number of halogens is 2. The van der Waals surface area contributed by atoms with Crippen molar-refractivity contribution in [1.29, 1.82) is 0 Å². The monoisotopic (exact) mass is 380 g/mol.